The summed E-state index contributed by atoms with van der Waals surface area (Å²) in [4.78, 5) is 0. The lowest BCUT2D eigenvalue weighted by atomic mass is 9.91. The number of alkyl halides is 1. The summed E-state index contributed by atoms with van der Waals surface area (Å²) < 4.78 is 0. The zero-order chi connectivity index (χ0) is 13.5. The molecule has 2 aromatic carbocycles. The molecule has 0 saturated heterocycles. The van der Waals surface area contributed by atoms with Crippen molar-refractivity contribution in [2.75, 3.05) is 5.88 Å². The fraction of sp³-hybridized carbons (Fsp3) is 0.333. The van der Waals surface area contributed by atoms with Crippen molar-refractivity contribution >= 4 is 11.6 Å². The topological polar surface area (TPSA) is 0 Å². The minimum atomic E-state index is 0.478. The van der Waals surface area contributed by atoms with Crippen molar-refractivity contribution in [2.45, 2.75) is 32.1 Å². The summed E-state index contributed by atoms with van der Waals surface area (Å²) in [5.74, 6) is 1.19. The van der Waals surface area contributed by atoms with E-state index < -0.39 is 0 Å². The van der Waals surface area contributed by atoms with Gasteiger partial charge >= 0.3 is 0 Å². The molecule has 2 aromatic rings. The van der Waals surface area contributed by atoms with Crippen LogP contribution in [0.5, 0.6) is 0 Å². The second kappa shape index (κ2) is 7.35. The molecule has 100 valence electrons. The molecule has 0 nitrogen and oxygen atoms in total. The summed E-state index contributed by atoms with van der Waals surface area (Å²) in [5.41, 5.74) is 4.18. The lowest BCUT2D eigenvalue weighted by molar-refractivity contribution is 0.635. The smallest absolute Gasteiger partial charge is 0.0292 e. The first-order valence-corrected chi connectivity index (χ1v) is 7.50. The summed E-state index contributed by atoms with van der Waals surface area (Å²) in [6.07, 6.45) is 3.49. The van der Waals surface area contributed by atoms with Gasteiger partial charge in [-0.2, -0.15) is 0 Å². The van der Waals surface area contributed by atoms with E-state index in [1.54, 1.807) is 0 Å². The van der Waals surface area contributed by atoms with Gasteiger partial charge in [0.05, 0.1) is 0 Å². The van der Waals surface area contributed by atoms with Crippen molar-refractivity contribution < 1.29 is 0 Å². The van der Waals surface area contributed by atoms with Crippen LogP contribution in [0, 0.1) is 6.92 Å². The highest BCUT2D eigenvalue weighted by Crippen LogP contribution is 2.26. The lowest BCUT2D eigenvalue weighted by Crippen LogP contribution is -2.03. The Bertz CT molecular complexity index is 490. The largest absolute Gasteiger partial charge is 0.126 e. The summed E-state index contributed by atoms with van der Waals surface area (Å²) in [6, 6.07) is 19.3. The van der Waals surface area contributed by atoms with Gasteiger partial charge in [-0.1, -0.05) is 54.6 Å². The zero-order valence-corrected chi connectivity index (χ0v) is 12.2. The van der Waals surface area contributed by atoms with E-state index in [0.29, 0.717) is 11.8 Å². The molecule has 0 aromatic heterocycles. The van der Waals surface area contributed by atoms with Gasteiger partial charge in [0.25, 0.3) is 0 Å². The van der Waals surface area contributed by atoms with Crippen molar-refractivity contribution in [3.05, 3.63) is 71.3 Å². The number of hydrogen-bond acceptors (Lipinski definition) is 0. The maximum absolute atomic E-state index is 6.16. The highest BCUT2D eigenvalue weighted by Gasteiger charge is 2.12. The van der Waals surface area contributed by atoms with Gasteiger partial charge in [-0.15, -0.1) is 11.6 Å². The first-order chi connectivity index (χ1) is 9.31. The van der Waals surface area contributed by atoms with E-state index in [-0.39, 0.29) is 0 Å². The van der Waals surface area contributed by atoms with Gasteiger partial charge < -0.3 is 0 Å². The van der Waals surface area contributed by atoms with E-state index in [4.69, 9.17) is 11.6 Å². The Morgan fingerprint density at radius 2 is 1.63 bits per heavy atom. The number of rotatable bonds is 6. The van der Waals surface area contributed by atoms with E-state index in [0.717, 1.165) is 12.8 Å². The molecule has 0 fully saturated rings. The first kappa shape index (κ1) is 14.1. The predicted octanol–water partition coefficient (Wildman–Crippen LogP) is 5.34. The van der Waals surface area contributed by atoms with Crippen molar-refractivity contribution in [1.82, 2.24) is 0 Å². The van der Waals surface area contributed by atoms with Crippen LogP contribution in [0.2, 0.25) is 0 Å². The van der Waals surface area contributed by atoms with Crippen LogP contribution < -0.4 is 0 Å². The van der Waals surface area contributed by atoms with Crippen LogP contribution in [0.4, 0.5) is 0 Å². The molecule has 1 unspecified atom stereocenters. The molecule has 0 amide bonds. The molecule has 0 aliphatic heterocycles. The quantitative estimate of drug-likeness (QED) is 0.623. The van der Waals surface area contributed by atoms with E-state index in [1.807, 2.05) is 0 Å². The Morgan fingerprint density at radius 1 is 0.947 bits per heavy atom. The minimum absolute atomic E-state index is 0.478. The highest BCUT2D eigenvalue weighted by atomic mass is 35.5. The van der Waals surface area contributed by atoms with E-state index in [1.165, 1.54) is 23.1 Å². The van der Waals surface area contributed by atoms with Crippen molar-refractivity contribution in [3.8, 4) is 0 Å². The monoisotopic (exact) mass is 272 g/mol. The molecule has 0 saturated carbocycles. The normalized spacial score (nSPS) is 12.3. The van der Waals surface area contributed by atoms with Crippen LogP contribution in [-0.4, -0.2) is 5.88 Å². The van der Waals surface area contributed by atoms with Crippen LogP contribution in [0.1, 0.15) is 35.4 Å². The van der Waals surface area contributed by atoms with Gasteiger partial charge in [0.2, 0.25) is 0 Å². The van der Waals surface area contributed by atoms with Crippen molar-refractivity contribution in [1.29, 1.82) is 0 Å². The summed E-state index contributed by atoms with van der Waals surface area (Å²) in [5, 5.41) is 0. The lowest BCUT2D eigenvalue weighted by Gasteiger charge is -2.16. The number of halogens is 1. The molecule has 1 atom stereocenters. The number of aryl methyl sites for hydroxylation is 2. The fourth-order valence-corrected chi connectivity index (χ4v) is 2.88. The van der Waals surface area contributed by atoms with Crippen LogP contribution in [0.3, 0.4) is 0 Å². The Balaban J connectivity index is 1.92. The van der Waals surface area contributed by atoms with Gasteiger partial charge in [-0.05, 0) is 48.8 Å². The summed E-state index contributed by atoms with van der Waals surface area (Å²) >= 11 is 6.16. The Labute approximate surface area is 121 Å². The standard InChI is InChI=1S/C18H21Cl/c1-15-8-5-6-13-18(15)17(14-19)12-7-11-16-9-3-2-4-10-16/h2-6,8-10,13,17H,7,11-12,14H2,1H3. The predicted molar refractivity (Wildman–Crippen MR) is 84.0 cm³/mol. The maximum atomic E-state index is 6.16. The van der Waals surface area contributed by atoms with E-state index >= 15 is 0 Å². The van der Waals surface area contributed by atoms with Crippen molar-refractivity contribution in [3.63, 3.8) is 0 Å². The van der Waals surface area contributed by atoms with Gasteiger partial charge in [-0.25, -0.2) is 0 Å². The molecule has 0 aliphatic rings. The Hall–Kier alpha value is -1.27. The maximum Gasteiger partial charge on any atom is 0.0292 e. The van der Waals surface area contributed by atoms with E-state index in [2.05, 4.69) is 61.5 Å². The number of hydrogen-bond donors (Lipinski definition) is 0. The Morgan fingerprint density at radius 3 is 2.32 bits per heavy atom. The Kier molecular flexibility index (Phi) is 5.47. The third kappa shape index (κ3) is 4.11. The molecule has 0 aliphatic carbocycles. The third-order valence-corrected chi connectivity index (χ3v) is 4.05. The molecule has 1 heteroatoms. The van der Waals surface area contributed by atoms with Gasteiger partial charge in [-0.3, -0.25) is 0 Å². The SMILES string of the molecule is Cc1ccccc1C(CCl)CCCc1ccccc1. The molecule has 2 rings (SSSR count). The number of benzene rings is 2. The van der Waals surface area contributed by atoms with Crippen LogP contribution in [0.15, 0.2) is 54.6 Å². The summed E-state index contributed by atoms with van der Waals surface area (Å²) in [7, 11) is 0. The fourth-order valence-electron chi connectivity index (χ4n) is 2.56. The average molecular weight is 273 g/mol. The second-order valence-corrected chi connectivity index (χ2v) is 5.39. The molecule has 0 heterocycles. The second-order valence-electron chi connectivity index (χ2n) is 5.09. The molecule has 0 N–H and O–H groups in total. The molecule has 19 heavy (non-hydrogen) atoms. The van der Waals surface area contributed by atoms with Crippen LogP contribution >= 0.6 is 11.6 Å². The van der Waals surface area contributed by atoms with Crippen LogP contribution in [0.25, 0.3) is 0 Å². The first-order valence-electron chi connectivity index (χ1n) is 6.96. The molecule has 0 radical (unpaired) electrons. The minimum Gasteiger partial charge on any atom is -0.126 e. The van der Waals surface area contributed by atoms with Gasteiger partial charge in [0, 0.05) is 5.88 Å². The summed E-state index contributed by atoms with van der Waals surface area (Å²) in [6.45, 7) is 2.17. The van der Waals surface area contributed by atoms with Gasteiger partial charge in [0.15, 0.2) is 0 Å². The molecule has 0 spiro atoms. The van der Waals surface area contributed by atoms with E-state index in [9.17, 15) is 0 Å². The third-order valence-electron chi connectivity index (χ3n) is 3.68. The van der Waals surface area contributed by atoms with Crippen molar-refractivity contribution in [2.24, 2.45) is 0 Å². The van der Waals surface area contributed by atoms with Crippen LogP contribution in [-0.2, 0) is 6.42 Å². The molecular weight excluding hydrogens is 252 g/mol. The zero-order valence-electron chi connectivity index (χ0n) is 11.5. The average Bonchev–Trinajstić information content (AvgIpc) is 2.46. The highest BCUT2D eigenvalue weighted by molar-refractivity contribution is 6.18. The molecular formula is C18H21Cl. The van der Waals surface area contributed by atoms with Gasteiger partial charge in [0.1, 0.15) is 0 Å². The molecule has 0 bridgehead atoms.